The van der Waals surface area contributed by atoms with E-state index >= 15 is 0 Å². The Labute approximate surface area is 127 Å². The highest BCUT2D eigenvalue weighted by atomic mass is 35.5. The van der Waals surface area contributed by atoms with Gasteiger partial charge in [-0.25, -0.2) is 0 Å². The van der Waals surface area contributed by atoms with E-state index in [2.05, 4.69) is 10.1 Å². The molecule has 0 heterocycles. The number of hydrogen-bond donors (Lipinski definition) is 1. The number of carbonyl (C=O) groups is 1. The Morgan fingerprint density at radius 1 is 1.38 bits per heavy atom. The van der Waals surface area contributed by atoms with Crippen LogP contribution in [0, 0.1) is 5.92 Å². The fraction of sp³-hybridized carbons (Fsp3) is 0.500. The second kappa shape index (κ2) is 8.67. The van der Waals surface area contributed by atoms with E-state index in [-0.39, 0.29) is 29.2 Å². The van der Waals surface area contributed by atoms with Gasteiger partial charge in [-0.1, -0.05) is 13.0 Å². The van der Waals surface area contributed by atoms with Crippen LogP contribution in [0.3, 0.4) is 0 Å². The van der Waals surface area contributed by atoms with Crippen LogP contribution in [0.1, 0.15) is 12.5 Å². The van der Waals surface area contributed by atoms with Crippen LogP contribution in [-0.4, -0.2) is 32.1 Å². The zero-order valence-corrected chi connectivity index (χ0v) is 12.6. The summed E-state index contributed by atoms with van der Waals surface area (Å²) in [6, 6.07) is 4.68. The molecule has 0 aliphatic rings. The molecule has 0 saturated carbocycles. The minimum Gasteiger partial charge on any atom is -0.493 e. The molecule has 7 heteroatoms. The van der Waals surface area contributed by atoms with Gasteiger partial charge < -0.3 is 14.8 Å². The monoisotopic (exact) mass is 321 g/mol. The molecule has 1 aromatic carbocycles. The number of carbonyl (C=O) groups excluding carboxylic acids is 1. The van der Waals surface area contributed by atoms with Crippen molar-refractivity contribution in [2.45, 2.75) is 20.0 Å². The topological polar surface area (TPSA) is 47.6 Å². The molecular weight excluding hydrogens is 304 g/mol. The van der Waals surface area contributed by atoms with Gasteiger partial charge in [0.25, 0.3) is 0 Å². The SMILES string of the molecule is COc1cc(CCNC(=O)C(C)CCl)ccc1OC(F)F. The standard InChI is InChI=1S/C14H18ClF2NO3/c1-9(8-15)13(19)18-6-5-10-3-4-11(21-14(16)17)12(7-10)20-2/h3-4,7,9,14H,5-6,8H2,1-2H3,(H,18,19). The van der Waals surface area contributed by atoms with Crippen molar-refractivity contribution in [1.29, 1.82) is 0 Å². The number of alkyl halides is 3. The molecule has 21 heavy (non-hydrogen) atoms. The molecule has 1 atom stereocenters. The third-order valence-corrected chi connectivity index (χ3v) is 3.30. The van der Waals surface area contributed by atoms with E-state index in [1.54, 1.807) is 19.1 Å². The van der Waals surface area contributed by atoms with Crippen LogP contribution in [0.4, 0.5) is 8.78 Å². The molecule has 0 aromatic heterocycles. The zero-order chi connectivity index (χ0) is 15.8. The predicted molar refractivity (Wildman–Crippen MR) is 76.2 cm³/mol. The number of nitrogens with one attached hydrogen (secondary N) is 1. The first-order chi connectivity index (χ1) is 9.97. The summed E-state index contributed by atoms with van der Waals surface area (Å²) in [6.07, 6.45) is 0.548. The smallest absolute Gasteiger partial charge is 0.387 e. The predicted octanol–water partition coefficient (Wildman–Crippen LogP) is 2.83. The second-order valence-corrected chi connectivity index (χ2v) is 4.77. The Hall–Kier alpha value is -1.56. The molecule has 1 unspecified atom stereocenters. The maximum atomic E-state index is 12.2. The molecule has 0 fully saturated rings. The fourth-order valence-corrected chi connectivity index (χ4v) is 1.78. The van der Waals surface area contributed by atoms with E-state index in [0.29, 0.717) is 13.0 Å². The molecule has 4 nitrogen and oxygen atoms in total. The zero-order valence-electron chi connectivity index (χ0n) is 11.9. The summed E-state index contributed by atoms with van der Waals surface area (Å²) in [4.78, 5) is 11.5. The minimum absolute atomic E-state index is 0.0175. The molecule has 0 aliphatic carbocycles. The van der Waals surface area contributed by atoms with Gasteiger partial charge in [0.05, 0.1) is 7.11 Å². The molecule has 1 aromatic rings. The van der Waals surface area contributed by atoms with Crippen LogP contribution in [0.15, 0.2) is 18.2 Å². The Morgan fingerprint density at radius 3 is 2.67 bits per heavy atom. The first kappa shape index (κ1) is 17.5. The van der Waals surface area contributed by atoms with Gasteiger partial charge in [0.1, 0.15) is 0 Å². The van der Waals surface area contributed by atoms with Crippen molar-refractivity contribution in [3.63, 3.8) is 0 Å². The lowest BCUT2D eigenvalue weighted by molar-refractivity contribution is -0.123. The quantitative estimate of drug-likeness (QED) is 0.749. The lowest BCUT2D eigenvalue weighted by atomic mass is 10.1. The number of benzene rings is 1. The maximum absolute atomic E-state index is 12.2. The number of rotatable bonds is 8. The summed E-state index contributed by atoms with van der Waals surface area (Å²) < 4.78 is 33.7. The summed E-state index contributed by atoms with van der Waals surface area (Å²) in [5.41, 5.74) is 0.840. The molecule has 1 N–H and O–H groups in total. The number of methoxy groups -OCH3 is 1. The van der Waals surface area contributed by atoms with Gasteiger partial charge in [-0.2, -0.15) is 8.78 Å². The first-order valence-electron chi connectivity index (χ1n) is 6.43. The number of halogens is 3. The van der Waals surface area contributed by atoms with Crippen LogP contribution in [-0.2, 0) is 11.2 Å². The molecule has 1 rings (SSSR count). The van der Waals surface area contributed by atoms with Gasteiger partial charge >= 0.3 is 6.61 Å². The highest BCUT2D eigenvalue weighted by molar-refractivity contribution is 6.19. The molecule has 0 aliphatic heterocycles. The molecule has 0 bridgehead atoms. The summed E-state index contributed by atoms with van der Waals surface area (Å²) in [7, 11) is 1.38. The molecular formula is C14H18ClF2NO3. The number of hydrogen-bond acceptors (Lipinski definition) is 3. The Morgan fingerprint density at radius 2 is 2.10 bits per heavy atom. The third kappa shape index (κ3) is 5.75. The summed E-state index contributed by atoms with van der Waals surface area (Å²) in [5.74, 6) is 0.112. The van der Waals surface area contributed by atoms with Crippen LogP contribution in [0.2, 0.25) is 0 Å². The third-order valence-electron chi connectivity index (χ3n) is 2.84. The van der Waals surface area contributed by atoms with E-state index in [1.165, 1.54) is 13.2 Å². The average molecular weight is 322 g/mol. The van der Waals surface area contributed by atoms with E-state index < -0.39 is 6.61 Å². The Kier molecular flexibility index (Phi) is 7.22. The van der Waals surface area contributed by atoms with Gasteiger partial charge in [0.15, 0.2) is 11.5 Å². The first-order valence-corrected chi connectivity index (χ1v) is 6.96. The van der Waals surface area contributed by atoms with Crippen molar-refractivity contribution >= 4 is 17.5 Å². The van der Waals surface area contributed by atoms with Crippen LogP contribution >= 0.6 is 11.6 Å². The van der Waals surface area contributed by atoms with Crippen LogP contribution < -0.4 is 14.8 Å². The summed E-state index contributed by atoms with van der Waals surface area (Å²) in [6.45, 7) is -0.735. The average Bonchev–Trinajstić information content (AvgIpc) is 2.47. The maximum Gasteiger partial charge on any atom is 0.387 e. The molecule has 1 amide bonds. The number of ether oxygens (including phenoxy) is 2. The fourth-order valence-electron chi connectivity index (χ4n) is 1.64. The van der Waals surface area contributed by atoms with Crippen molar-refractivity contribution < 1.29 is 23.0 Å². The second-order valence-electron chi connectivity index (χ2n) is 4.46. The summed E-state index contributed by atoms with van der Waals surface area (Å²) >= 11 is 5.59. The van der Waals surface area contributed by atoms with Crippen LogP contribution in [0.25, 0.3) is 0 Å². The van der Waals surface area contributed by atoms with E-state index in [4.69, 9.17) is 16.3 Å². The Balaban J connectivity index is 2.58. The van der Waals surface area contributed by atoms with Crippen molar-refractivity contribution in [3.8, 4) is 11.5 Å². The molecule has 0 spiro atoms. The Bertz CT molecular complexity index is 472. The van der Waals surface area contributed by atoms with Crippen molar-refractivity contribution in [2.24, 2.45) is 5.92 Å². The van der Waals surface area contributed by atoms with Gasteiger partial charge in [0, 0.05) is 18.3 Å². The van der Waals surface area contributed by atoms with E-state index in [0.717, 1.165) is 5.56 Å². The highest BCUT2D eigenvalue weighted by Gasteiger charge is 2.12. The van der Waals surface area contributed by atoms with Gasteiger partial charge in [0.2, 0.25) is 5.91 Å². The van der Waals surface area contributed by atoms with Gasteiger partial charge in [-0.05, 0) is 24.1 Å². The van der Waals surface area contributed by atoms with E-state index in [9.17, 15) is 13.6 Å². The van der Waals surface area contributed by atoms with Gasteiger partial charge in [-0.15, -0.1) is 11.6 Å². The molecule has 0 saturated heterocycles. The van der Waals surface area contributed by atoms with Crippen LogP contribution in [0.5, 0.6) is 11.5 Å². The van der Waals surface area contributed by atoms with E-state index in [1.807, 2.05) is 0 Å². The lowest BCUT2D eigenvalue weighted by Gasteiger charge is -2.12. The number of amides is 1. The summed E-state index contributed by atoms with van der Waals surface area (Å²) in [5, 5.41) is 2.75. The lowest BCUT2D eigenvalue weighted by Crippen LogP contribution is -2.31. The van der Waals surface area contributed by atoms with Gasteiger partial charge in [-0.3, -0.25) is 4.79 Å². The molecule has 118 valence electrons. The normalized spacial score (nSPS) is 12.1. The largest absolute Gasteiger partial charge is 0.493 e. The minimum atomic E-state index is -2.90. The van der Waals surface area contributed by atoms with Crippen molar-refractivity contribution in [2.75, 3.05) is 19.5 Å². The van der Waals surface area contributed by atoms with Crippen molar-refractivity contribution in [3.05, 3.63) is 23.8 Å². The molecule has 0 radical (unpaired) electrons. The highest BCUT2D eigenvalue weighted by Crippen LogP contribution is 2.29. The van der Waals surface area contributed by atoms with Crippen molar-refractivity contribution in [1.82, 2.24) is 5.32 Å².